The number of aromatic carboxylic acids is 1. The van der Waals surface area contributed by atoms with E-state index in [9.17, 15) is 45.8 Å². The Kier molecular flexibility index (Phi) is 7.58. The van der Waals surface area contributed by atoms with E-state index in [-0.39, 0.29) is 27.5 Å². The van der Waals surface area contributed by atoms with E-state index in [0.29, 0.717) is 12.8 Å². The summed E-state index contributed by atoms with van der Waals surface area (Å²) < 4.78 is 102. The van der Waals surface area contributed by atoms with Crippen LogP contribution in [0.3, 0.4) is 0 Å². The van der Waals surface area contributed by atoms with E-state index in [1.807, 2.05) is 0 Å². The van der Waals surface area contributed by atoms with Crippen molar-refractivity contribution >= 4 is 28.5 Å². The van der Waals surface area contributed by atoms with Gasteiger partial charge in [0.05, 0.1) is 11.2 Å². The lowest BCUT2D eigenvalue weighted by Gasteiger charge is -2.49. The first-order chi connectivity index (χ1) is 18.5. The summed E-state index contributed by atoms with van der Waals surface area (Å²) in [4.78, 5) is 37.7. The second kappa shape index (κ2) is 10.2. The summed E-state index contributed by atoms with van der Waals surface area (Å²) in [5, 5.41) is 10.4. The van der Waals surface area contributed by atoms with Crippen molar-refractivity contribution in [1.29, 1.82) is 0 Å². The van der Waals surface area contributed by atoms with Crippen LogP contribution in [-0.2, 0) is 4.79 Å². The van der Waals surface area contributed by atoms with Gasteiger partial charge >= 0.3 is 18.3 Å². The van der Waals surface area contributed by atoms with Crippen molar-refractivity contribution < 1.29 is 45.4 Å². The van der Waals surface area contributed by atoms with Crippen LogP contribution in [0.15, 0.2) is 23.1 Å². The maximum Gasteiger partial charge on any atom is 0.434 e. The van der Waals surface area contributed by atoms with E-state index < -0.39 is 85.2 Å². The minimum absolute atomic E-state index is 0.0972. The van der Waals surface area contributed by atoms with Gasteiger partial charge in [-0.3, -0.25) is 14.5 Å². The Morgan fingerprint density at radius 2 is 1.60 bits per heavy atom. The molecule has 2 heterocycles. The molecule has 1 saturated carbocycles. The Morgan fingerprint density at radius 1 is 1.02 bits per heavy atom. The zero-order chi connectivity index (χ0) is 29.8. The number of carboxylic acid groups (broad SMARTS) is 1. The maximum absolute atomic E-state index is 15.2. The molecule has 15 heteroatoms. The maximum atomic E-state index is 15.2. The van der Waals surface area contributed by atoms with Gasteiger partial charge in [0.25, 0.3) is 5.66 Å². The van der Waals surface area contributed by atoms with Crippen LogP contribution in [0.2, 0.25) is 0 Å². The smallest absolute Gasteiger partial charge is 0.434 e. The molecule has 2 N–H and O–H groups in total. The first-order valence-corrected chi connectivity index (χ1v) is 12.5. The largest absolute Gasteiger partial charge is 0.477 e. The number of piperazine rings is 1. The number of carboxylic acids is 1. The summed E-state index contributed by atoms with van der Waals surface area (Å²) in [6, 6.07) is 1.97. The molecular formula is C25H27F7N4O4. The number of benzene rings is 1. The zero-order valence-electron chi connectivity index (χ0n) is 21.5. The Hall–Kier alpha value is -3.36. The van der Waals surface area contributed by atoms with Gasteiger partial charge in [-0.2, -0.15) is 26.3 Å². The average Bonchev–Trinajstić information content (AvgIpc) is 3.66. The SMILES string of the molecule is CC(C)CC(=O)NC(N1CCN(c2cc3c(cc2F)c(=O)c(C(=O)O)cn3C2CC2)CC1)(C(F)(F)F)C(F)(F)F. The number of carbonyl (C=O) groups is 2. The molecule has 2 aliphatic rings. The van der Waals surface area contributed by atoms with Crippen LogP contribution in [0, 0.1) is 11.7 Å². The van der Waals surface area contributed by atoms with Crippen LogP contribution >= 0.6 is 0 Å². The van der Waals surface area contributed by atoms with Gasteiger partial charge in [-0.25, -0.2) is 9.18 Å². The van der Waals surface area contributed by atoms with Gasteiger partial charge in [-0.05, 0) is 30.9 Å². The molecule has 1 aliphatic heterocycles. The molecule has 2 aromatic rings. The minimum Gasteiger partial charge on any atom is -0.477 e. The molecule has 1 saturated heterocycles. The molecule has 0 spiro atoms. The zero-order valence-corrected chi connectivity index (χ0v) is 21.5. The van der Waals surface area contributed by atoms with Crippen molar-refractivity contribution in [3.63, 3.8) is 0 Å². The highest BCUT2D eigenvalue weighted by atomic mass is 19.4. The fourth-order valence-electron chi connectivity index (χ4n) is 5.05. The van der Waals surface area contributed by atoms with Crippen molar-refractivity contribution in [2.75, 3.05) is 31.1 Å². The molecule has 220 valence electrons. The summed E-state index contributed by atoms with van der Waals surface area (Å²) in [6.45, 7) is 0.376. The number of carbonyl (C=O) groups excluding carboxylic acids is 1. The summed E-state index contributed by atoms with van der Waals surface area (Å²) in [6.07, 6.45) is -9.87. The molecule has 1 aliphatic carbocycles. The van der Waals surface area contributed by atoms with Gasteiger partial charge in [-0.15, -0.1) is 0 Å². The van der Waals surface area contributed by atoms with Gasteiger partial charge in [0.2, 0.25) is 11.3 Å². The lowest BCUT2D eigenvalue weighted by molar-refractivity contribution is -0.350. The fraction of sp³-hybridized carbons (Fsp3) is 0.560. The first-order valence-electron chi connectivity index (χ1n) is 12.5. The van der Waals surface area contributed by atoms with Gasteiger partial charge in [0, 0.05) is 50.2 Å². The van der Waals surface area contributed by atoms with Crippen molar-refractivity contribution in [2.45, 2.75) is 57.2 Å². The predicted molar refractivity (Wildman–Crippen MR) is 130 cm³/mol. The predicted octanol–water partition coefficient (Wildman–Crippen LogP) is 4.28. The third kappa shape index (κ3) is 5.22. The summed E-state index contributed by atoms with van der Waals surface area (Å²) in [7, 11) is 0. The number of nitrogens with one attached hydrogen (secondary N) is 1. The van der Waals surface area contributed by atoms with Crippen LogP contribution in [0.25, 0.3) is 10.9 Å². The number of halogens is 7. The molecule has 0 unspecified atom stereocenters. The van der Waals surface area contributed by atoms with Crippen molar-refractivity contribution in [2.24, 2.45) is 5.92 Å². The Bertz CT molecular complexity index is 1360. The molecule has 8 nitrogen and oxygen atoms in total. The number of hydrogen-bond donors (Lipinski definition) is 2. The Morgan fingerprint density at radius 3 is 2.08 bits per heavy atom. The molecular weight excluding hydrogens is 553 g/mol. The van der Waals surface area contributed by atoms with E-state index in [1.54, 1.807) is 0 Å². The summed E-state index contributed by atoms with van der Waals surface area (Å²) in [5.74, 6) is -4.37. The second-order valence-electron chi connectivity index (χ2n) is 10.5. The molecule has 0 bridgehead atoms. The standard InChI is InChI=1S/C25H27F7N4O4/c1-13(2)9-20(37)33-23(24(27,28)29,25(30,31)32)35-7-5-34(6-8-35)19-11-18-15(10-17(19)26)21(38)16(22(39)40)12-36(18)14-3-4-14/h10-14H,3-9H2,1-2H3,(H,33,37)(H,39,40). The molecule has 1 aromatic carbocycles. The van der Waals surface area contributed by atoms with Crippen LogP contribution in [0.4, 0.5) is 36.4 Å². The van der Waals surface area contributed by atoms with Crippen molar-refractivity contribution in [3.8, 4) is 0 Å². The van der Waals surface area contributed by atoms with E-state index in [4.69, 9.17) is 0 Å². The normalized spacial score (nSPS) is 17.5. The quantitative estimate of drug-likeness (QED) is 0.475. The first kappa shape index (κ1) is 29.6. The number of anilines is 1. The number of hydrogen-bond acceptors (Lipinski definition) is 5. The van der Waals surface area contributed by atoms with Gasteiger partial charge in [0.15, 0.2) is 0 Å². The van der Waals surface area contributed by atoms with Crippen molar-refractivity contribution in [3.05, 3.63) is 39.9 Å². The van der Waals surface area contributed by atoms with Crippen LogP contribution in [0.1, 0.15) is 49.5 Å². The third-order valence-corrected chi connectivity index (χ3v) is 7.10. The lowest BCUT2D eigenvalue weighted by atomic mass is 10.0. The number of amides is 1. The fourth-order valence-corrected chi connectivity index (χ4v) is 5.05. The molecule has 4 rings (SSSR count). The minimum atomic E-state index is -5.92. The Labute approximate surface area is 223 Å². The number of rotatable bonds is 7. The van der Waals surface area contributed by atoms with Crippen molar-refractivity contribution in [1.82, 2.24) is 14.8 Å². The number of pyridine rings is 1. The molecule has 40 heavy (non-hydrogen) atoms. The Balaban J connectivity index is 1.69. The molecule has 0 atom stereocenters. The monoisotopic (exact) mass is 580 g/mol. The number of aromatic nitrogens is 1. The van der Waals surface area contributed by atoms with E-state index in [2.05, 4.69) is 0 Å². The van der Waals surface area contributed by atoms with Gasteiger partial charge < -0.3 is 19.9 Å². The molecule has 2 fully saturated rings. The molecule has 0 radical (unpaired) electrons. The average molecular weight is 581 g/mol. The number of fused-ring (bicyclic) bond motifs is 1. The molecule has 1 aromatic heterocycles. The highest BCUT2D eigenvalue weighted by molar-refractivity contribution is 5.93. The number of alkyl halides is 6. The van der Waals surface area contributed by atoms with Gasteiger partial charge in [-0.1, -0.05) is 13.8 Å². The van der Waals surface area contributed by atoms with E-state index in [1.165, 1.54) is 34.7 Å². The number of nitrogens with zero attached hydrogens (tertiary/aromatic N) is 3. The second-order valence-corrected chi connectivity index (χ2v) is 10.5. The lowest BCUT2D eigenvalue weighted by Crippen LogP contribution is -2.78. The molecule has 1 amide bonds. The summed E-state index contributed by atoms with van der Waals surface area (Å²) >= 11 is 0. The third-order valence-electron chi connectivity index (χ3n) is 7.10. The van der Waals surface area contributed by atoms with E-state index >= 15 is 4.39 Å². The summed E-state index contributed by atoms with van der Waals surface area (Å²) in [5.41, 5.74) is -6.04. The van der Waals surface area contributed by atoms with E-state index in [0.717, 1.165) is 12.3 Å². The van der Waals surface area contributed by atoms with Crippen LogP contribution in [0.5, 0.6) is 0 Å². The van der Waals surface area contributed by atoms with Gasteiger partial charge in [0.1, 0.15) is 11.4 Å². The highest BCUT2D eigenvalue weighted by Gasteiger charge is 2.75. The topological polar surface area (TPSA) is 94.9 Å². The van der Waals surface area contributed by atoms with Crippen LogP contribution < -0.4 is 15.6 Å². The highest BCUT2D eigenvalue weighted by Crippen LogP contribution is 2.46. The van der Waals surface area contributed by atoms with Crippen LogP contribution in [-0.4, -0.2) is 70.6 Å².